The normalized spacial score (nSPS) is 18.8. The molecule has 1 aliphatic rings. The zero-order valence-corrected chi connectivity index (χ0v) is 11.2. The first-order valence-corrected chi connectivity index (χ1v) is 7.05. The van der Waals surface area contributed by atoms with Gasteiger partial charge in [-0.1, -0.05) is 57.0 Å². The van der Waals surface area contributed by atoms with E-state index in [0.717, 1.165) is 5.92 Å². The fraction of sp³-hybridized carbons (Fsp3) is 0.625. The molecule has 1 heteroatoms. The minimum atomic E-state index is 0.511. The lowest BCUT2D eigenvalue weighted by Crippen LogP contribution is -2.29. The van der Waals surface area contributed by atoms with Crippen molar-refractivity contribution < 1.29 is 0 Å². The van der Waals surface area contributed by atoms with E-state index in [9.17, 15) is 0 Å². The third kappa shape index (κ3) is 3.57. The van der Waals surface area contributed by atoms with Gasteiger partial charge in [0, 0.05) is 6.04 Å². The smallest absolute Gasteiger partial charge is 0.0343 e. The van der Waals surface area contributed by atoms with Crippen molar-refractivity contribution in [3.05, 3.63) is 35.9 Å². The molecule has 1 aliphatic carbocycles. The topological polar surface area (TPSA) is 12.0 Å². The van der Waals surface area contributed by atoms with Crippen LogP contribution in [0.25, 0.3) is 0 Å². The third-order valence-electron chi connectivity index (χ3n) is 3.93. The van der Waals surface area contributed by atoms with Crippen LogP contribution in [0.2, 0.25) is 0 Å². The first-order valence-electron chi connectivity index (χ1n) is 7.05. The predicted octanol–water partition coefficient (Wildman–Crippen LogP) is 4.16. The Labute approximate surface area is 106 Å². The molecule has 1 atom stereocenters. The van der Waals surface area contributed by atoms with Gasteiger partial charge in [-0.15, -0.1) is 0 Å². The standard InChI is InChI=1S/C16H25N/c1-13(2)16(15-10-4-3-5-11-15)17-12-14-8-6-7-9-14/h3-5,10-11,13-14,16-17H,6-9,12H2,1-2H3. The zero-order valence-electron chi connectivity index (χ0n) is 11.2. The van der Waals surface area contributed by atoms with E-state index < -0.39 is 0 Å². The molecular formula is C16H25N. The van der Waals surface area contributed by atoms with E-state index in [4.69, 9.17) is 0 Å². The van der Waals surface area contributed by atoms with Crippen LogP contribution < -0.4 is 5.32 Å². The van der Waals surface area contributed by atoms with Crippen LogP contribution in [0.3, 0.4) is 0 Å². The fourth-order valence-electron chi connectivity index (χ4n) is 2.91. The molecule has 1 unspecified atom stereocenters. The van der Waals surface area contributed by atoms with E-state index in [2.05, 4.69) is 49.5 Å². The monoisotopic (exact) mass is 231 g/mol. The molecule has 1 aromatic rings. The van der Waals surface area contributed by atoms with E-state index >= 15 is 0 Å². The highest BCUT2D eigenvalue weighted by molar-refractivity contribution is 5.19. The Morgan fingerprint density at radius 2 is 1.76 bits per heavy atom. The Balaban J connectivity index is 1.93. The number of rotatable bonds is 5. The van der Waals surface area contributed by atoms with Gasteiger partial charge in [0.25, 0.3) is 0 Å². The van der Waals surface area contributed by atoms with Gasteiger partial charge in [-0.3, -0.25) is 0 Å². The molecule has 0 heterocycles. The molecular weight excluding hydrogens is 206 g/mol. The van der Waals surface area contributed by atoms with Gasteiger partial charge < -0.3 is 5.32 Å². The Kier molecular flexibility index (Phi) is 4.61. The maximum atomic E-state index is 3.78. The molecule has 0 saturated heterocycles. The van der Waals surface area contributed by atoms with Crippen molar-refractivity contribution in [2.45, 2.75) is 45.6 Å². The van der Waals surface area contributed by atoms with Crippen LogP contribution in [-0.4, -0.2) is 6.54 Å². The van der Waals surface area contributed by atoms with Gasteiger partial charge >= 0.3 is 0 Å². The zero-order chi connectivity index (χ0) is 12.1. The molecule has 0 aliphatic heterocycles. The van der Waals surface area contributed by atoms with Crippen molar-refractivity contribution >= 4 is 0 Å². The molecule has 94 valence electrons. The minimum absolute atomic E-state index is 0.511. The molecule has 2 rings (SSSR count). The number of hydrogen-bond donors (Lipinski definition) is 1. The lowest BCUT2D eigenvalue weighted by atomic mass is 9.95. The molecule has 0 bridgehead atoms. The van der Waals surface area contributed by atoms with Gasteiger partial charge in [0.2, 0.25) is 0 Å². The quantitative estimate of drug-likeness (QED) is 0.802. The maximum Gasteiger partial charge on any atom is 0.0343 e. The SMILES string of the molecule is CC(C)C(NCC1CCCC1)c1ccccc1. The summed E-state index contributed by atoms with van der Waals surface area (Å²) in [6, 6.07) is 11.4. The van der Waals surface area contributed by atoms with Crippen LogP contribution in [-0.2, 0) is 0 Å². The van der Waals surface area contributed by atoms with Gasteiger partial charge in [-0.05, 0) is 36.8 Å². The van der Waals surface area contributed by atoms with E-state index in [1.807, 2.05) is 0 Å². The van der Waals surface area contributed by atoms with Gasteiger partial charge in [0.05, 0.1) is 0 Å². The average Bonchev–Trinajstić information content (AvgIpc) is 2.83. The van der Waals surface area contributed by atoms with Crippen LogP contribution >= 0.6 is 0 Å². The van der Waals surface area contributed by atoms with Gasteiger partial charge in [0.1, 0.15) is 0 Å². The van der Waals surface area contributed by atoms with Gasteiger partial charge in [-0.2, -0.15) is 0 Å². The summed E-state index contributed by atoms with van der Waals surface area (Å²) in [6.45, 7) is 5.80. The predicted molar refractivity (Wildman–Crippen MR) is 74.0 cm³/mol. The molecule has 0 spiro atoms. The van der Waals surface area contributed by atoms with Crippen molar-refractivity contribution in [1.82, 2.24) is 5.32 Å². The van der Waals surface area contributed by atoms with Gasteiger partial charge in [-0.25, -0.2) is 0 Å². The summed E-state index contributed by atoms with van der Waals surface area (Å²) in [5.74, 6) is 1.57. The second kappa shape index (κ2) is 6.20. The summed E-state index contributed by atoms with van der Waals surface area (Å²) in [4.78, 5) is 0. The summed E-state index contributed by atoms with van der Waals surface area (Å²) in [5.41, 5.74) is 1.43. The molecule has 1 nitrogen and oxygen atoms in total. The molecule has 1 aromatic carbocycles. The van der Waals surface area contributed by atoms with Crippen molar-refractivity contribution in [1.29, 1.82) is 0 Å². The Morgan fingerprint density at radius 3 is 2.35 bits per heavy atom. The summed E-state index contributed by atoms with van der Waals surface area (Å²) < 4.78 is 0. The van der Waals surface area contributed by atoms with Crippen molar-refractivity contribution in [3.8, 4) is 0 Å². The van der Waals surface area contributed by atoms with E-state index in [1.165, 1.54) is 37.8 Å². The first kappa shape index (κ1) is 12.6. The molecule has 0 amide bonds. The van der Waals surface area contributed by atoms with Crippen LogP contribution in [0.1, 0.15) is 51.1 Å². The number of hydrogen-bond acceptors (Lipinski definition) is 1. The fourth-order valence-corrected chi connectivity index (χ4v) is 2.91. The maximum absolute atomic E-state index is 3.78. The highest BCUT2D eigenvalue weighted by atomic mass is 14.9. The largest absolute Gasteiger partial charge is 0.309 e. The Morgan fingerprint density at radius 1 is 1.12 bits per heavy atom. The second-order valence-electron chi connectivity index (χ2n) is 5.69. The van der Waals surface area contributed by atoms with Crippen LogP contribution in [0.5, 0.6) is 0 Å². The summed E-state index contributed by atoms with van der Waals surface area (Å²) >= 11 is 0. The minimum Gasteiger partial charge on any atom is -0.309 e. The number of benzene rings is 1. The highest BCUT2D eigenvalue weighted by Gasteiger charge is 2.19. The Bertz CT molecular complexity index is 312. The average molecular weight is 231 g/mol. The van der Waals surface area contributed by atoms with Crippen LogP contribution in [0.15, 0.2) is 30.3 Å². The molecule has 0 aromatic heterocycles. The van der Waals surface area contributed by atoms with Crippen LogP contribution in [0.4, 0.5) is 0 Å². The van der Waals surface area contributed by atoms with Crippen molar-refractivity contribution in [2.75, 3.05) is 6.54 Å². The molecule has 1 N–H and O–H groups in total. The van der Waals surface area contributed by atoms with Gasteiger partial charge in [0.15, 0.2) is 0 Å². The first-order chi connectivity index (χ1) is 8.27. The molecule has 17 heavy (non-hydrogen) atoms. The lowest BCUT2D eigenvalue weighted by molar-refractivity contribution is 0.371. The molecule has 1 saturated carbocycles. The van der Waals surface area contributed by atoms with E-state index in [1.54, 1.807) is 0 Å². The molecule has 1 fully saturated rings. The van der Waals surface area contributed by atoms with E-state index in [-0.39, 0.29) is 0 Å². The Hall–Kier alpha value is -0.820. The summed E-state index contributed by atoms with van der Waals surface area (Å²) in [7, 11) is 0. The van der Waals surface area contributed by atoms with E-state index in [0.29, 0.717) is 12.0 Å². The van der Waals surface area contributed by atoms with Crippen molar-refractivity contribution in [2.24, 2.45) is 11.8 Å². The second-order valence-corrected chi connectivity index (χ2v) is 5.69. The van der Waals surface area contributed by atoms with Crippen molar-refractivity contribution in [3.63, 3.8) is 0 Å². The molecule has 0 radical (unpaired) electrons. The summed E-state index contributed by atoms with van der Waals surface area (Å²) in [5, 5.41) is 3.78. The highest BCUT2D eigenvalue weighted by Crippen LogP contribution is 2.26. The third-order valence-corrected chi connectivity index (χ3v) is 3.93. The van der Waals surface area contributed by atoms with Crippen LogP contribution in [0, 0.1) is 11.8 Å². The number of nitrogens with one attached hydrogen (secondary N) is 1. The lowest BCUT2D eigenvalue weighted by Gasteiger charge is -2.24. The summed E-state index contributed by atoms with van der Waals surface area (Å²) in [6.07, 6.45) is 5.72.